The predicted molar refractivity (Wildman–Crippen MR) is 85.9 cm³/mol. The van der Waals surface area contributed by atoms with Gasteiger partial charge in [-0.3, -0.25) is 4.72 Å². The van der Waals surface area contributed by atoms with Gasteiger partial charge in [-0.15, -0.1) is 11.3 Å². The number of benzene rings is 1. The van der Waals surface area contributed by atoms with Crippen molar-refractivity contribution in [1.82, 2.24) is 4.57 Å². The Kier molecular flexibility index (Phi) is 3.94. The van der Waals surface area contributed by atoms with Crippen LogP contribution in [-0.4, -0.2) is 13.0 Å². The molecule has 0 bridgehead atoms. The molecule has 0 saturated heterocycles. The lowest BCUT2D eigenvalue weighted by molar-refractivity contribution is 0.600. The topological polar surface area (TPSA) is 51.1 Å². The Labute approximate surface area is 135 Å². The molecule has 8 heteroatoms. The molecule has 114 valence electrons. The Morgan fingerprint density at radius 2 is 1.86 bits per heavy atom. The van der Waals surface area contributed by atoms with Gasteiger partial charge in [-0.2, -0.15) is 0 Å². The van der Waals surface area contributed by atoms with E-state index >= 15 is 0 Å². The molecule has 0 aliphatic heterocycles. The summed E-state index contributed by atoms with van der Waals surface area (Å²) in [6.45, 7) is 0. The van der Waals surface area contributed by atoms with Crippen molar-refractivity contribution in [1.29, 1.82) is 0 Å². The van der Waals surface area contributed by atoms with E-state index in [-0.39, 0.29) is 9.90 Å². The Morgan fingerprint density at radius 1 is 1.14 bits per heavy atom. The lowest BCUT2D eigenvalue weighted by atomic mass is 10.2. The quantitative estimate of drug-likeness (QED) is 0.764. The number of aromatic nitrogens is 1. The van der Waals surface area contributed by atoms with Gasteiger partial charge in [-0.1, -0.05) is 11.6 Å². The second-order valence-corrected chi connectivity index (χ2v) is 8.04. The summed E-state index contributed by atoms with van der Waals surface area (Å²) in [7, 11) is -3.87. The minimum atomic E-state index is -3.87. The number of thiophene rings is 1. The van der Waals surface area contributed by atoms with Gasteiger partial charge in [0.05, 0.1) is 10.0 Å². The fourth-order valence-corrected chi connectivity index (χ4v) is 4.44. The molecule has 4 nitrogen and oxygen atoms in total. The first-order valence-electron chi connectivity index (χ1n) is 6.17. The van der Waals surface area contributed by atoms with Crippen LogP contribution >= 0.6 is 22.9 Å². The van der Waals surface area contributed by atoms with Crippen LogP contribution in [-0.2, 0) is 10.0 Å². The van der Waals surface area contributed by atoms with Gasteiger partial charge >= 0.3 is 0 Å². The number of nitrogens with zero attached hydrogens (tertiary/aromatic N) is 1. The molecule has 0 amide bonds. The van der Waals surface area contributed by atoms with Crippen LogP contribution in [0, 0.1) is 5.82 Å². The van der Waals surface area contributed by atoms with Crippen molar-refractivity contribution < 1.29 is 12.8 Å². The fraction of sp³-hybridized carbons (Fsp3) is 0. The van der Waals surface area contributed by atoms with Gasteiger partial charge in [0.15, 0.2) is 0 Å². The van der Waals surface area contributed by atoms with Gasteiger partial charge in [-0.05, 0) is 42.5 Å². The largest absolute Gasteiger partial charge is 0.324 e. The second kappa shape index (κ2) is 5.75. The van der Waals surface area contributed by atoms with E-state index in [4.69, 9.17) is 11.6 Å². The Balaban J connectivity index is 1.97. The van der Waals surface area contributed by atoms with Crippen molar-refractivity contribution in [3.63, 3.8) is 0 Å². The van der Waals surface area contributed by atoms with E-state index in [0.29, 0.717) is 10.0 Å². The molecule has 3 rings (SSSR count). The number of hydrogen-bond donors (Lipinski definition) is 1. The maximum absolute atomic E-state index is 13.9. The van der Waals surface area contributed by atoms with Crippen LogP contribution in [0.5, 0.6) is 0 Å². The molecule has 1 aromatic carbocycles. The van der Waals surface area contributed by atoms with Gasteiger partial charge in [-0.25, -0.2) is 12.8 Å². The van der Waals surface area contributed by atoms with E-state index in [1.165, 1.54) is 24.3 Å². The third-order valence-corrected chi connectivity index (χ3v) is 6.00. The first-order valence-corrected chi connectivity index (χ1v) is 8.84. The van der Waals surface area contributed by atoms with Crippen molar-refractivity contribution in [3.05, 3.63) is 65.0 Å². The monoisotopic (exact) mass is 356 g/mol. The highest BCUT2D eigenvalue weighted by atomic mass is 35.5. The van der Waals surface area contributed by atoms with Crippen LogP contribution in [0.2, 0.25) is 4.34 Å². The number of rotatable bonds is 4. The van der Waals surface area contributed by atoms with E-state index in [1.54, 1.807) is 23.0 Å². The van der Waals surface area contributed by atoms with Crippen molar-refractivity contribution in [2.24, 2.45) is 0 Å². The molecule has 3 aromatic rings. The molecule has 2 aromatic heterocycles. The van der Waals surface area contributed by atoms with Crippen molar-refractivity contribution >= 4 is 38.6 Å². The summed E-state index contributed by atoms with van der Waals surface area (Å²) in [4.78, 5) is 0. The standard InChI is InChI=1S/C14H10ClFN2O2S2/c15-13-5-6-14(21-13)22(19,20)17-12-9-10(3-4-11(12)16)18-7-1-2-8-18/h1-9,17H. The molecule has 2 heterocycles. The molecule has 0 radical (unpaired) electrons. The Hall–Kier alpha value is -1.83. The van der Waals surface area contributed by atoms with E-state index in [1.807, 2.05) is 12.1 Å². The summed E-state index contributed by atoms with van der Waals surface area (Å²) in [5, 5.41) is 0. The highest BCUT2D eigenvalue weighted by molar-refractivity contribution is 7.94. The first-order chi connectivity index (χ1) is 10.5. The summed E-state index contributed by atoms with van der Waals surface area (Å²) in [6, 6.07) is 10.7. The average Bonchev–Trinajstić information content (AvgIpc) is 3.12. The molecule has 22 heavy (non-hydrogen) atoms. The van der Waals surface area contributed by atoms with E-state index in [0.717, 1.165) is 11.3 Å². The molecular weight excluding hydrogens is 347 g/mol. The zero-order valence-corrected chi connectivity index (χ0v) is 13.4. The van der Waals surface area contributed by atoms with Crippen LogP contribution in [0.4, 0.5) is 10.1 Å². The zero-order valence-electron chi connectivity index (χ0n) is 11.0. The number of sulfonamides is 1. The Bertz CT molecular complexity index is 905. The first kappa shape index (κ1) is 15.1. The number of halogens is 2. The highest BCUT2D eigenvalue weighted by Crippen LogP contribution is 2.28. The maximum atomic E-state index is 13.9. The number of nitrogens with one attached hydrogen (secondary N) is 1. The third kappa shape index (κ3) is 3.01. The Morgan fingerprint density at radius 3 is 2.50 bits per heavy atom. The molecule has 0 aliphatic carbocycles. The lowest BCUT2D eigenvalue weighted by Gasteiger charge is -2.10. The summed E-state index contributed by atoms with van der Waals surface area (Å²) in [5.41, 5.74) is 0.532. The maximum Gasteiger partial charge on any atom is 0.271 e. The van der Waals surface area contributed by atoms with Crippen LogP contribution in [0.25, 0.3) is 5.69 Å². The van der Waals surface area contributed by atoms with Crippen molar-refractivity contribution in [3.8, 4) is 5.69 Å². The predicted octanol–water partition coefficient (Wildman–Crippen LogP) is 4.13. The second-order valence-electron chi connectivity index (χ2n) is 4.42. The van der Waals surface area contributed by atoms with Gasteiger partial charge in [0, 0.05) is 18.1 Å². The van der Waals surface area contributed by atoms with E-state index in [2.05, 4.69) is 4.72 Å². The smallest absolute Gasteiger partial charge is 0.271 e. The van der Waals surface area contributed by atoms with Crippen LogP contribution < -0.4 is 4.72 Å². The lowest BCUT2D eigenvalue weighted by Crippen LogP contribution is -2.13. The molecular formula is C14H10ClFN2O2S2. The number of hydrogen-bond acceptors (Lipinski definition) is 3. The summed E-state index contributed by atoms with van der Waals surface area (Å²) >= 11 is 6.65. The zero-order chi connectivity index (χ0) is 15.7. The van der Waals surface area contributed by atoms with Crippen LogP contribution in [0.3, 0.4) is 0 Å². The van der Waals surface area contributed by atoms with Crippen molar-refractivity contribution in [2.75, 3.05) is 4.72 Å². The minimum Gasteiger partial charge on any atom is -0.324 e. The van der Waals surface area contributed by atoms with Gasteiger partial charge in [0.2, 0.25) is 0 Å². The van der Waals surface area contributed by atoms with Crippen molar-refractivity contribution in [2.45, 2.75) is 4.21 Å². The SMILES string of the molecule is O=S(=O)(Nc1cc(-n2cccc2)ccc1F)c1ccc(Cl)s1. The molecule has 1 N–H and O–H groups in total. The number of anilines is 1. The molecule has 0 aliphatic rings. The third-order valence-electron chi connectivity index (χ3n) is 2.91. The molecule has 0 unspecified atom stereocenters. The normalized spacial score (nSPS) is 11.5. The minimum absolute atomic E-state index is 0.0308. The summed E-state index contributed by atoms with van der Waals surface area (Å²) in [6.07, 6.45) is 3.56. The van der Waals surface area contributed by atoms with E-state index in [9.17, 15) is 12.8 Å². The van der Waals surface area contributed by atoms with Crippen LogP contribution in [0.15, 0.2) is 59.1 Å². The van der Waals surface area contributed by atoms with Crippen LogP contribution in [0.1, 0.15) is 0 Å². The highest BCUT2D eigenvalue weighted by Gasteiger charge is 2.19. The molecule has 0 saturated carbocycles. The molecule has 0 spiro atoms. The van der Waals surface area contributed by atoms with Gasteiger partial charge < -0.3 is 4.57 Å². The summed E-state index contributed by atoms with van der Waals surface area (Å²) in [5.74, 6) is -0.651. The van der Waals surface area contributed by atoms with E-state index < -0.39 is 15.8 Å². The summed E-state index contributed by atoms with van der Waals surface area (Å²) < 4.78 is 42.8. The average molecular weight is 357 g/mol. The van der Waals surface area contributed by atoms with Gasteiger partial charge in [0.1, 0.15) is 10.0 Å². The van der Waals surface area contributed by atoms with Gasteiger partial charge in [0.25, 0.3) is 10.0 Å². The molecule has 0 fully saturated rings. The fourth-order valence-electron chi connectivity index (χ4n) is 1.90. The molecule has 0 atom stereocenters.